The quantitative estimate of drug-likeness (QED) is 0.894. The molecular formula is C15H23N5O2. The lowest BCUT2D eigenvalue weighted by atomic mass is 9.93. The Balaban J connectivity index is 0.000000615. The topological polar surface area (TPSA) is 92.9 Å². The highest BCUT2D eigenvalue weighted by atomic mass is 16.2. The average Bonchev–Trinajstić information content (AvgIpc) is 2.90. The van der Waals surface area contributed by atoms with E-state index in [2.05, 4.69) is 20.3 Å². The van der Waals surface area contributed by atoms with Gasteiger partial charge in [-0.25, -0.2) is 15.0 Å². The molecular weight excluding hydrogens is 282 g/mol. The molecule has 0 bridgehead atoms. The van der Waals surface area contributed by atoms with Gasteiger partial charge in [-0.05, 0) is 32.3 Å². The van der Waals surface area contributed by atoms with E-state index in [0.29, 0.717) is 5.69 Å². The highest BCUT2D eigenvalue weighted by Gasteiger charge is 2.21. The van der Waals surface area contributed by atoms with Crippen molar-refractivity contribution in [3.05, 3.63) is 30.6 Å². The smallest absolute Gasteiger partial charge is 0.289 e. The number of aromatic nitrogens is 4. The number of imidazole rings is 1. The Kier molecular flexibility index (Phi) is 5.60. The molecule has 0 unspecified atom stereocenters. The number of carbonyl (C=O) groups is 1. The second-order valence-corrected chi connectivity index (χ2v) is 5.07. The molecule has 0 aliphatic heterocycles. The first-order valence-corrected chi connectivity index (χ1v) is 7.37. The SMILES string of the molecule is CCO.Cn1cncc1-c1ccnc(C(=O)NC2CCC2)n1.[HH]. The minimum Gasteiger partial charge on any atom is -0.397 e. The van der Waals surface area contributed by atoms with Gasteiger partial charge in [-0.1, -0.05) is 0 Å². The van der Waals surface area contributed by atoms with Crippen LogP contribution in [-0.2, 0) is 7.05 Å². The number of hydrogen-bond donors (Lipinski definition) is 2. The maximum atomic E-state index is 12.0. The van der Waals surface area contributed by atoms with E-state index in [1.165, 1.54) is 6.42 Å². The molecule has 120 valence electrons. The third kappa shape index (κ3) is 3.88. The standard InChI is InChI=1S/C13H15N5O.C2H6O.H2/c1-18-8-14-7-11(18)10-5-6-15-12(17-10)13(19)16-9-3-2-4-9;1-2-3;/h5-9H,2-4H2,1H3,(H,16,19);3H,2H2,1H3;1H. The molecule has 0 atom stereocenters. The van der Waals surface area contributed by atoms with E-state index in [4.69, 9.17) is 5.11 Å². The lowest BCUT2D eigenvalue weighted by Gasteiger charge is -2.25. The molecule has 1 amide bonds. The molecule has 1 aliphatic rings. The van der Waals surface area contributed by atoms with E-state index in [1.807, 2.05) is 11.6 Å². The van der Waals surface area contributed by atoms with Crippen molar-refractivity contribution in [3.63, 3.8) is 0 Å². The maximum Gasteiger partial charge on any atom is 0.289 e. The van der Waals surface area contributed by atoms with Crippen LogP contribution in [0.25, 0.3) is 11.4 Å². The number of nitrogens with one attached hydrogen (secondary N) is 1. The monoisotopic (exact) mass is 305 g/mol. The lowest BCUT2D eigenvalue weighted by molar-refractivity contribution is 0.0906. The van der Waals surface area contributed by atoms with Crippen molar-refractivity contribution in [2.24, 2.45) is 7.05 Å². The van der Waals surface area contributed by atoms with Gasteiger partial charge in [0.2, 0.25) is 5.82 Å². The van der Waals surface area contributed by atoms with E-state index in [1.54, 1.807) is 31.7 Å². The second kappa shape index (κ2) is 7.65. The molecule has 1 saturated carbocycles. The fourth-order valence-electron chi connectivity index (χ4n) is 2.02. The Bertz CT molecular complexity index is 628. The summed E-state index contributed by atoms with van der Waals surface area (Å²) in [6, 6.07) is 2.06. The predicted molar refractivity (Wildman–Crippen MR) is 84.2 cm³/mol. The molecule has 2 heterocycles. The Morgan fingerprint density at radius 1 is 1.55 bits per heavy atom. The minimum atomic E-state index is -0.200. The van der Waals surface area contributed by atoms with Gasteiger partial charge in [-0.3, -0.25) is 4.79 Å². The summed E-state index contributed by atoms with van der Waals surface area (Å²) in [5.74, 6) is 0.0133. The van der Waals surface area contributed by atoms with E-state index >= 15 is 0 Å². The highest BCUT2D eigenvalue weighted by molar-refractivity contribution is 5.91. The summed E-state index contributed by atoms with van der Waals surface area (Å²) in [7, 11) is 1.89. The van der Waals surface area contributed by atoms with E-state index < -0.39 is 0 Å². The molecule has 2 aromatic rings. The number of aliphatic hydroxyl groups excluding tert-OH is 1. The van der Waals surface area contributed by atoms with E-state index in [-0.39, 0.29) is 25.8 Å². The fraction of sp³-hybridized carbons (Fsp3) is 0.467. The zero-order valence-corrected chi connectivity index (χ0v) is 12.9. The van der Waals surface area contributed by atoms with Gasteiger partial charge in [0.15, 0.2) is 0 Å². The Labute approximate surface area is 130 Å². The fourth-order valence-corrected chi connectivity index (χ4v) is 2.02. The number of rotatable bonds is 3. The number of nitrogens with zero attached hydrogens (tertiary/aromatic N) is 4. The predicted octanol–water partition coefficient (Wildman–Crippen LogP) is 1.40. The summed E-state index contributed by atoms with van der Waals surface area (Å²) in [4.78, 5) is 24.4. The summed E-state index contributed by atoms with van der Waals surface area (Å²) < 4.78 is 1.86. The van der Waals surface area contributed by atoms with Crippen LogP contribution in [0.15, 0.2) is 24.8 Å². The molecule has 1 aliphatic carbocycles. The molecule has 3 rings (SSSR count). The molecule has 22 heavy (non-hydrogen) atoms. The summed E-state index contributed by atoms with van der Waals surface area (Å²) in [5.41, 5.74) is 1.56. The van der Waals surface area contributed by atoms with Crippen LogP contribution in [0.2, 0.25) is 0 Å². The number of carbonyl (C=O) groups excluding carboxylic acids is 1. The van der Waals surface area contributed by atoms with Gasteiger partial charge in [0, 0.05) is 27.3 Å². The van der Waals surface area contributed by atoms with Gasteiger partial charge in [0.25, 0.3) is 5.91 Å². The molecule has 0 spiro atoms. The molecule has 7 nitrogen and oxygen atoms in total. The maximum absolute atomic E-state index is 12.0. The Morgan fingerprint density at radius 3 is 2.82 bits per heavy atom. The van der Waals surface area contributed by atoms with Crippen LogP contribution in [0, 0.1) is 0 Å². The molecule has 0 aromatic carbocycles. The van der Waals surface area contributed by atoms with Crippen molar-refractivity contribution in [1.82, 2.24) is 24.8 Å². The second-order valence-electron chi connectivity index (χ2n) is 5.07. The molecule has 0 radical (unpaired) electrons. The van der Waals surface area contributed by atoms with Crippen molar-refractivity contribution in [2.75, 3.05) is 6.61 Å². The lowest BCUT2D eigenvalue weighted by Crippen LogP contribution is -2.40. The van der Waals surface area contributed by atoms with Crippen LogP contribution in [0.5, 0.6) is 0 Å². The molecule has 0 saturated heterocycles. The van der Waals surface area contributed by atoms with Gasteiger partial charge >= 0.3 is 0 Å². The van der Waals surface area contributed by atoms with Crippen molar-refractivity contribution in [2.45, 2.75) is 32.2 Å². The third-order valence-electron chi connectivity index (χ3n) is 3.38. The van der Waals surface area contributed by atoms with Crippen molar-refractivity contribution < 1.29 is 11.3 Å². The van der Waals surface area contributed by atoms with Gasteiger partial charge in [0.05, 0.1) is 23.9 Å². The zero-order valence-electron chi connectivity index (χ0n) is 12.9. The van der Waals surface area contributed by atoms with Crippen LogP contribution in [0.3, 0.4) is 0 Å². The van der Waals surface area contributed by atoms with Crippen LogP contribution in [0.4, 0.5) is 0 Å². The van der Waals surface area contributed by atoms with Crippen LogP contribution in [0.1, 0.15) is 38.2 Å². The van der Waals surface area contributed by atoms with Gasteiger partial charge in [-0.2, -0.15) is 0 Å². The Morgan fingerprint density at radius 2 is 2.27 bits per heavy atom. The number of amides is 1. The molecule has 7 heteroatoms. The highest BCUT2D eigenvalue weighted by Crippen LogP contribution is 2.19. The Hall–Kier alpha value is -2.28. The third-order valence-corrected chi connectivity index (χ3v) is 3.38. The minimum absolute atomic E-state index is 0. The summed E-state index contributed by atoms with van der Waals surface area (Å²) in [6.07, 6.45) is 8.30. The first kappa shape index (κ1) is 16.1. The zero-order chi connectivity index (χ0) is 15.9. The summed E-state index contributed by atoms with van der Waals surface area (Å²) in [5, 5.41) is 10.5. The van der Waals surface area contributed by atoms with Gasteiger partial charge in [0.1, 0.15) is 0 Å². The van der Waals surface area contributed by atoms with E-state index in [0.717, 1.165) is 18.5 Å². The molecule has 2 aromatic heterocycles. The van der Waals surface area contributed by atoms with Crippen LogP contribution < -0.4 is 5.32 Å². The van der Waals surface area contributed by atoms with Crippen molar-refractivity contribution >= 4 is 5.91 Å². The van der Waals surface area contributed by atoms with E-state index in [9.17, 15) is 4.79 Å². The molecule has 2 N–H and O–H groups in total. The summed E-state index contributed by atoms with van der Waals surface area (Å²) >= 11 is 0. The average molecular weight is 305 g/mol. The number of hydrogen-bond acceptors (Lipinski definition) is 5. The van der Waals surface area contributed by atoms with Crippen molar-refractivity contribution in [3.8, 4) is 11.4 Å². The number of aryl methyl sites for hydroxylation is 1. The summed E-state index contributed by atoms with van der Waals surface area (Å²) in [6.45, 7) is 1.93. The first-order chi connectivity index (χ1) is 10.7. The van der Waals surface area contributed by atoms with Crippen LogP contribution >= 0.6 is 0 Å². The van der Waals surface area contributed by atoms with Gasteiger partial charge in [-0.15, -0.1) is 0 Å². The number of aliphatic hydroxyl groups is 1. The normalized spacial score (nSPS) is 13.8. The molecule has 1 fully saturated rings. The first-order valence-electron chi connectivity index (χ1n) is 7.37. The van der Waals surface area contributed by atoms with Crippen LogP contribution in [-0.4, -0.2) is 43.2 Å². The van der Waals surface area contributed by atoms with Gasteiger partial charge < -0.3 is 15.0 Å². The van der Waals surface area contributed by atoms with Crippen molar-refractivity contribution in [1.29, 1.82) is 0 Å². The largest absolute Gasteiger partial charge is 0.397 e.